The molecule has 0 aromatic carbocycles. The van der Waals surface area contributed by atoms with E-state index in [1.165, 1.54) is 17.2 Å². The minimum absolute atomic E-state index is 0.0634. The minimum Gasteiger partial charge on any atom is -0.503 e. The van der Waals surface area contributed by atoms with E-state index in [1.54, 1.807) is 6.07 Å². The minimum atomic E-state index is -0.505. The number of nitrogens with zero attached hydrogens (tertiary/aromatic N) is 1. The summed E-state index contributed by atoms with van der Waals surface area (Å²) in [4.78, 5) is 25.0. The van der Waals surface area contributed by atoms with Gasteiger partial charge in [-0.3, -0.25) is 9.59 Å². The molecule has 0 spiro atoms. The van der Waals surface area contributed by atoms with Crippen molar-refractivity contribution in [2.24, 2.45) is 0 Å². The maximum Gasteiger partial charge on any atom is 0.289 e. The number of amides is 1. The third-order valence-corrected chi connectivity index (χ3v) is 2.72. The molecule has 1 aromatic heterocycles. The Kier molecular flexibility index (Phi) is 2.75. The fourth-order valence-corrected chi connectivity index (χ4v) is 1.74. The Morgan fingerprint density at radius 2 is 2.24 bits per heavy atom. The number of carbonyl (C=O) groups excluding carboxylic acids is 2. The van der Waals surface area contributed by atoms with Gasteiger partial charge in [-0.15, -0.1) is 0 Å². The molecular weight excluding hydrogens is 222 g/mol. The van der Waals surface area contributed by atoms with E-state index >= 15 is 0 Å². The molecule has 90 valence electrons. The van der Waals surface area contributed by atoms with Crippen molar-refractivity contribution in [3.05, 3.63) is 35.5 Å². The quantitative estimate of drug-likeness (QED) is 0.806. The number of hydrogen-bond acceptors (Lipinski definition) is 4. The number of hydrogen-bond donors (Lipinski definition) is 1. The van der Waals surface area contributed by atoms with E-state index in [0.717, 1.165) is 0 Å². The molecule has 0 saturated heterocycles. The molecule has 0 atom stereocenters. The van der Waals surface area contributed by atoms with Crippen molar-refractivity contribution in [3.8, 4) is 0 Å². The van der Waals surface area contributed by atoms with E-state index in [-0.39, 0.29) is 23.9 Å². The van der Waals surface area contributed by atoms with Gasteiger partial charge < -0.3 is 14.4 Å². The lowest BCUT2D eigenvalue weighted by atomic mass is 10.1. The molecule has 2 rings (SSSR count). The van der Waals surface area contributed by atoms with Crippen molar-refractivity contribution in [2.45, 2.75) is 19.9 Å². The van der Waals surface area contributed by atoms with Crippen LogP contribution in [0.5, 0.6) is 0 Å². The molecule has 0 fully saturated rings. The van der Waals surface area contributed by atoms with Crippen LogP contribution in [0.4, 0.5) is 0 Å². The Hall–Kier alpha value is -2.04. The van der Waals surface area contributed by atoms with Crippen LogP contribution in [0.2, 0.25) is 0 Å². The number of carbonyl (C=O) groups is 2. The third kappa shape index (κ3) is 1.84. The molecule has 0 unspecified atom stereocenters. The second-order valence-corrected chi connectivity index (χ2v) is 4.16. The van der Waals surface area contributed by atoms with Crippen molar-refractivity contribution in [3.63, 3.8) is 0 Å². The summed E-state index contributed by atoms with van der Waals surface area (Å²) in [7, 11) is 0. The van der Waals surface area contributed by atoms with Crippen LogP contribution >= 0.6 is 0 Å². The zero-order chi connectivity index (χ0) is 12.6. The van der Waals surface area contributed by atoms with Crippen LogP contribution in [0.15, 0.2) is 34.1 Å². The van der Waals surface area contributed by atoms with Gasteiger partial charge in [-0.25, -0.2) is 0 Å². The highest BCUT2D eigenvalue weighted by molar-refractivity contribution is 6.14. The highest BCUT2D eigenvalue weighted by Gasteiger charge is 2.36. The van der Waals surface area contributed by atoms with E-state index in [0.29, 0.717) is 0 Å². The van der Waals surface area contributed by atoms with E-state index < -0.39 is 17.4 Å². The fourth-order valence-electron chi connectivity index (χ4n) is 1.74. The Labute approximate surface area is 98.3 Å². The lowest BCUT2D eigenvalue weighted by Crippen LogP contribution is -2.34. The van der Waals surface area contributed by atoms with Gasteiger partial charge in [0.15, 0.2) is 11.5 Å². The molecule has 5 nitrogen and oxygen atoms in total. The summed E-state index contributed by atoms with van der Waals surface area (Å²) >= 11 is 0. The number of rotatable bonds is 3. The number of aliphatic hydroxyl groups is 1. The van der Waals surface area contributed by atoms with Crippen LogP contribution < -0.4 is 0 Å². The maximum atomic E-state index is 11.9. The van der Waals surface area contributed by atoms with E-state index in [9.17, 15) is 14.7 Å². The number of furan rings is 1. The molecule has 0 radical (unpaired) electrons. The number of aliphatic hydroxyl groups excluding tert-OH is 1. The molecule has 1 N–H and O–H groups in total. The maximum absolute atomic E-state index is 11.9. The summed E-state index contributed by atoms with van der Waals surface area (Å²) in [5, 5.41) is 9.67. The zero-order valence-electron chi connectivity index (χ0n) is 9.64. The summed E-state index contributed by atoms with van der Waals surface area (Å²) in [5.74, 6) is -1.29. The second kappa shape index (κ2) is 4.08. The molecule has 1 amide bonds. The van der Waals surface area contributed by atoms with Crippen molar-refractivity contribution in [1.29, 1.82) is 0 Å². The van der Waals surface area contributed by atoms with E-state index in [4.69, 9.17) is 4.42 Å². The van der Waals surface area contributed by atoms with Crippen LogP contribution in [-0.2, 0) is 4.79 Å². The number of Topliss-reactive ketones (excluding diaryl/α,β-unsaturated/α-hetero) is 1. The Morgan fingerprint density at radius 3 is 2.71 bits per heavy atom. The van der Waals surface area contributed by atoms with Gasteiger partial charge in [0, 0.05) is 6.04 Å². The van der Waals surface area contributed by atoms with Crippen LogP contribution in [0.3, 0.4) is 0 Å². The fraction of sp³-hybridized carbons (Fsp3) is 0.333. The largest absolute Gasteiger partial charge is 0.503 e. The van der Waals surface area contributed by atoms with Crippen LogP contribution in [0, 0.1) is 0 Å². The third-order valence-electron chi connectivity index (χ3n) is 2.72. The van der Waals surface area contributed by atoms with Gasteiger partial charge in [0.1, 0.15) is 0 Å². The molecule has 0 aliphatic carbocycles. The van der Waals surface area contributed by atoms with Crippen LogP contribution in [0.1, 0.15) is 24.4 Å². The van der Waals surface area contributed by atoms with E-state index in [2.05, 4.69) is 0 Å². The summed E-state index contributed by atoms with van der Waals surface area (Å²) < 4.78 is 4.96. The number of ketones is 1. The van der Waals surface area contributed by atoms with Crippen molar-refractivity contribution >= 4 is 11.7 Å². The van der Waals surface area contributed by atoms with Crippen LogP contribution in [0.25, 0.3) is 0 Å². The first kappa shape index (κ1) is 11.4. The van der Waals surface area contributed by atoms with E-state index in [1.807, 2.05) is 13.8 Å². The molecule has 1 aliphatic heterocycles. The van der Waals surface area contributed by atoms with Crippen molar-refractivity contribution < 1.29 is 19.1 Å². The van der Waals surface area contributed by atoms with Gasteiger partial charge in [0.2, 0.25) is 5.78 Å². The Balaban J connectivity index is 2.29. The van der Waals surface area contributed by atoms with Crippen molar-refractivity contribution in [2.75, 3.05) is 6.54 Å². The van der Waals surface area contributed by atoms with Gasteiger partial charge in [0.05, 0.1) is 18.4 Å². The highest BCUT2D eigenvalue weighted by atomic mass is 16.3. The summed E-state index contributed by atoms with van der Waals surface area (Å²) in [6.07, 6.45) is 1.38. The SMILES string of the molecule is CC(C)N1CC(C(=O)c2ccco2)=C(O)C1=O. The standard InChI is InChI=1S/C12H13NO4/c1-7(2)13-6-8(11(15)12(13)16)10(14)9-4-3-5-17-9/h3-5,7,15H,6H2,1-2H3. The molecule has 0 saturated carbocycles. The molecule has 17 heavy (non-hydrogen) atoms. The summed E-state index contributed by atoms with van der Waals surface area (Å²) in [6, 6.07) is 3.03. The molecule has 1 aliphatic rings. The van der Waals surface area contributed by atoms with Gasteiger partial charge >= 0.3 is 0 Å². The Morgan fingerprint density at radius 1 is 1.53 bits per heavy atom. The molecule has 2 heterocycles. The lowest BCUT2D eigenvalue weighted by Gasteiger charge is -2.20. The van der Waals surface area contributed by atoms with Gasteiger partial charge in [-0.05, 0) is 26.0 Å². The van der Waals surface area contributed by atoms with Gasteiger partial charge in [0.25, 0.3) is 5.91 Å². The molecule has 1 aromatic rings. The van der Waals surface area contributed by atoms with Gasteiger partial charge in [-0.2, -0.15) is 0 Å². The van der Waals surface area contributed by atoms with Gasteiger partial charge in [-0.1, -0.05) is 0 Å². The normalized spacial score (nSPS) is 16.2. The second-order valence-electron chi connectivity index (χ2n) is 4.16. The monoisotopic (exact) mass is 235 g/mol. The summed E-state index contributed by atoms with van der Waals surface area (Å²) in [5.41, 5.74) is 0.0960. The average Bonchev–Trinajstić information content (AvgIpc) is 2.88. The average molecular weight is 235 g/mol. The molecule has 5 heteroatoms. The first-order valence-electron chi connectivity index (χ1n) is 5.33. The zero-order valence-corrected chi connectivity index (χ0v) is 9.64. The topological polar surface area (TPSA) is 70.8 Å². The predicted octanol–water partition coefficient (Wildman–Crippen LogP) is 1.53. The molecule has 0 bridgehead atoms. The predicted molar refractivity (Wildman–Crippen MR) is 59.5 cm³/mol. The Bertz CT molecular complexity index is 485. The first-order valence-corrected chi connectivity index (χ1v) is 5.33. The lowest BCUT2D eigenvalue weighted by molar-refractivity contribution is -0.129. The smallest absolute Gasteiger partial charge is 0.289 e. The van der Waals surface area contributed by atoms with Crippen LogP contribution in [-0.4, -0.2) is 34.3 Å². The van der Waals surface area contributed by atoms with Crippen molar-refractivity contribution in [1.82, 2.24) is 4.90 Å². The highest BCUT2D eigenvalue weighted by Crippen LogP contribution is 2.22. The first-order chi connectivity index (χ1) is 8.02. The summed E-state index contributed by atoms with van der Waals surface area (Å²) in [6.45, 7) is 3.78. The molecular formula is C12H13NO4.